The Morgan fingerprint density at radius 2 is 1.96 bits per heavy atom. The Balaban J connectivity index is 1.56. The summed E-state index contributed by atoms with van der Waals surface area (Å²) in [5, 5.41) is 2.80. The number of hydrogen-bond acceptors (Lipinski definition) is 4. The van der Waals surface area contributed by atoms with Crippen LogP contribution in [0.15, 0.2) is 54.9 Å². The fourth-order valence-corrected chi connectivity index (χ4v) is 3.04. The van der Waals surface area contributed by atoms with Crippen molar-refractivity contribution in [1.29, 1.82) is 0 Å². The lowest BCUT2D eigenvalue weighted by Gasteiger charge is -2.28. The molecule has 142 valence electrons. The molecule has 28 heavy (non-hydrogen) atoms. The van der Waals surface area contributed by atoms with Crippen LogP contribution < -0.4 is 15.0 Å². The van der Waals surface area contributed by atoms with Crippen LogP contribution in [-0.2, 0) is 16.6 Å². The molecular weight excluding hydrogens is 363 g/mol. The maximum absolute atomic E-state index is 13.2. The van der Waals surface area contributed by atoms with Crippen LogP contribution in [0.3, 0.4) is 0 Å². The van der Waals surface area contributed by atoms with Gasteiger partial charge in [-0.1, -0.05) is 12.1 Å². The zero-order chi connectivity index (χ0) is 19.7. The minimum atomic E-state index is -0.378. The molecule has 0 aliphatic carbocycles. The number of anilines is 2. The van der Waals surface area contributed by atoms with Gasteiger partial charge in [0.15, 0.2) is 6.61 Å². The summed E-state index contributed by atoms with van der Waals surface area (Å²) >= 11 is 0. The van der Waals surface area contributed by atoms with Crippen LogP contribution >= 0.6 is 0 Å². The van der Waals surface area contributed by atoms with Gasteiger partial charge in [-0.2, -0.15) is 0 Å². The minimum Gasteiger partial charge on any atom is -0.482 e. The van der Waals surface area contributed by atoms with Gasteiger partial charge < -0.3 is 14.6 Å². The van der Waals surface area contributed by atoms with Crippen molar-refractivity contribution >= 4 is 23.3 Å². The summed E-state index contributed by atoms with van der Waals surface area (Å²) in [5.41, 5.74) is 1.74. The number of rotatable bonds is 4. The number of imidazole rings is 1. The average molecular weight is 380 g/mol. The van der Waals surface area contributed by atoms with Crippen LogP contribution in [0.4, 0.5) is 15.9 Å². The molecule has 0 saturated carbocycles. The number of para-hydroxylation sites is 2. The molecule has 1 N–H and O–H groups in total. The van der Waals surface area contributed by atoms with Gasteiger partial charge in [-0.25, -0.2) is 9.37 Å². The zero-order valence-electron chi connectivity index (χ0n) is 15.1. The van der Waals surface area contributed by atoms with Crippen LogP contribution in [0.25, 0.3) is 11.3 Å². The molecule has 1 aliphatic rings. The first-order chi connectivity index (χ1) is 13.5. The van der Waals surface area contributed by atoms with Gasteiger partial charge in [0.1, 0.15) is 29.6 Å². The Labute approximate surface area is 160 Å². The van der Waals surface area contributed by atoms with Gasteiger partial charge in [-0.05, 0) is 36.4 Å². The number of carbonyl (C=O) groups excluding carboxylic acids is 2. The number of halogens is 1. The molecule has 0 fully saturated rings. The predicted octanol–water partition coefficient (Wildman–Crippen LogP) is 2.59. The molecule has 0 saturated heterocycles. The summed E-state index contributed by atoms with van der Waals surface area (Å²) < 4.78 is 20.2. The van der Waals surface area contributed by atoms with Crippen LogP contribution in [0.5, 0.6) is 5.75 Å². The highest BCUT2D eigenvalue weighted by Gasteiger charge is 2.27. The van der Waals surface area contributed by atoms with E-state index in [0.29, 0.717) is 28.5 Å². The normalized spacial score (nSPS) is 13.1. The smallest absolute Gasteiger partial charge is 0.265 e. The quantitative estimate of drug-likeness (QED) is 0.755. The molecule has 1 aliphatic heterocycles. The second kappa shape index (κ2) is 7.15. The summed E-state index contributed by atoms with van der Waals surface area (Å²) in [4.78, 5) is 30.6. The molecule has 0 bridgehead atoms. The molecule has 8 heteroatoms. The first-order valence-corrected chi connectivity index (χ1v) is 8.62. The second-order valence-electron chi connectivity index (χ2n) is 6.34. The summed E-state index contributed by atoms with van der Waals surface area (Å²) in [6.45, 7) is -0.274. The lowest BCUT2D eigenvalue weighted by molar-refractivity contribution is -0.123. The van der Waals surface area contributed by atoms with Crippen molar-refractivity contribution in [3.63, 3.8) is 0 Å². The first kappa shape index (κ1) is 17.7. The molecule has 0 atom stereocenters. The van der Waals surface area contributed by atoms with Crippen LogP contribution in [0.2, 0.25) is 0 Å². The first-order valence-electron chi connectivity index (χ1n) is 8.62. The Kier molecular flexibility index (Phi) is 4.52. The van der Waals surface area contributed by atoms with E-state index < -0.39 is 0 Å². The average Bonchev–Trinajstić information content (AvgIpc) is 3.05. The largest absolute Gasteiger partial charge is 0.482 e. The highest BCUT2D eigenvalue weighted by atomic mass is 19.1. The Bertz CT molecular complexity index is 1050. The lowest BCUT2D eigenvalue weighted by atomic mass is 10.1. The molecule has 7 nitrogen and oxygen atoms in total. The Morgan fingerprint density at radius 3 is 2.75 bits per heavy atom. The lowest BCUT2D eigenvalue weighted by Crippen LogP contribution is -2.43. The van der Waals surface area contributed by atoms with Crippen LogP contribution in [0, 0.1) is 5.82 Å². The molecule has 2 aromatic carbocycles. The van der Waals surface area contributed by atoms with Crippen LogP contribution in [-0.4, -0.2) is 34.5 Å². The molecule has 2 amide bonds. The predicted molar refractivity (Wildman–Crippen MR) is 102 cm³/mol. The number of amides is 2. The summed E-state index contributed by atoms with van der Waals surface area (Å²) in [6.07, 6.45) is 1.56. The number of nitrogens with zero attached hydrogens (tertiary/aromatic N) is 3. The second-order valence-corrected chi connectivity index (χ2v) is 6.34. The van der Waals surface area contributed by atoms with E-state index in [0.717, 1.165) is 0 Å². The van der Waals surface area contributed by atoms with E-state index in [1.54, 1.807) is 54.3 Å². The summed E-state index contributed by atoms with van der Waals surface area (Å²) in [7, 11) is 1.74. The van der Waals surface area contributed by atoms with E-state index in [1.807, 2.05) is 0 Å². The van der Waals surface area contributed by atoms with Crippen LogP contribution in [0.1, 0.15) is 0 Å². The van der Waals surface area contributed by atoms with E-state index in [-0.39, 0.29) is 30.8 Å². The fourth-order valence-electron chi connectivity index (χ4n) is 3.04. The number of benzene rings is 2. The van der Waals surface area contributed by atoms with E-state index in [9.17, 15) is 14.0 Å². The third-order valence-corrected chi connectivity index (χ3v) is 4.42. The third-order valence-electron chi connectivity index (χ3n) is 4.42. The topological polar surface area (TPSA) is 76.5 Å². The number of aryl methyl sites for hydroxylation is 1. The molecule has 3 aromatic rings. The Hall–Kier alpha value is -3.68. The fraction of sp³-hybridized carbons (Fsp3) is 0.150. The van der Waals surface area contributed by atoms with Gasteiger partial charge in [0, 0.05) is 12.6 Å². The van der Waals surface area contributed by atoms with E-state index in [2.05, 4.69) is 10.3 Å². The zero-order valence-corrected chi connectivity index (χ0v) is 15.1. The highest BCUT2D eigenvalue weighted by molar-refractivity contribution is 6.05. The number of ether oxygens (including phenoxy) is 1. The molecular formula is C20H17FN4O3. The highest BCUT2D eigenvalue weighted by Crippen LogP contribution is 2.31. The standard InChI is InChI=1S/C20H17FN4O3/c1-24-12-22-19(13-6-8-14(21)9-7-13)20(24)23-17(26)10-25-15-4-2-3-5-16(15)28-11-18(25)27/h2-9,12H,10-11H2,1H3,(H,23,26). The van der Waals surface area contributed by atoms with E-state index in [4.69, 9.17) is 4.74 Å². The van der Waals surface area contributed by atoms with Crippen molar-refractivity contribution in [2.24, 2.45) is 7.05 Å². The molecule has 2 heterocycles. The SMILES string of the molecule is Cn1cnc(-c2ccc(F)cc2)c1NC(=O)CN1C(=O)COc2ccccc21. The maximum Gasteiger partial charge on any atom is 0.265 e. The van der Waals surface area contributed by atoms with Crippen molar-refractivity contribution < 1.29 is 18.7 Å². The molecule has 1 aromatic heterocycles. The number of hydrogen-bond donors (Lipinski definition) is 1. The summed E-state index contributed by atoms with van der Waals surface area (Å²) in [5.74, 6) is -0.00238. The number of carbonyl (C=O) groups is 2. The monoisotopic (exact) mass is 380 g/mol. The van der Waals surface area contributed by atoms with Gasteiger partial charge >= 0.3 is 0 Å². The Morgan fingerprint density at radius 1 is 1.21 bits per heavy atom. The van der Waals surface area contributed by atoms with Crippen molar-refractivity contribution in [1.82, 2.24) is 9.55 Å². The minimum absolute atomic E-state index is 0.114. The van der Waals surface area contributed by atoms with E-state index >= 15 is 0 Å². The van der Waals surface area contributed by atoms with E-state index in [1.165, 1.54) is 17.0 Å². The molecule has 4 rings (SSSR count). The van der Waals surface area contributed by atoms with Crippen molar-refractivity contribution in [2.75, 3.05) is 23.4 Å². The van der Waals surface area contributed by atoms with Crippen molar-refractivity contribution in [3.05, 3.63) is 60.7 Å². The van der Waals surface area contributed by atoms with Crippen molar-refractivity contribution in [3.8, 4) is 17.0 Å². The molecule has 0 radical (unpaired) electrons. The summed E-state index contributed by atoms with van der Waals surface area (Å²) in [6, 6.07) is 12.9. The van der Waals surface area contributed by atoms with Gasteiger partial charge in [-0.15, -0.1) is 0 Å². The van der Waals surface area contributed by atoms with Crippen molar-refractivity contribution in [2.45, 2.75) is 0 Å². The maximum atomic E-state index is 13.2. The number of nitrogens with one attached hydrogen (secondary N) is 1. The number of fused-ring (bicyclic) bond motifs is 1. The number of aromatic nitrogens is 2. The third kappa shape index (κ3) is 3.32. The van der Waals surface area contributed by atoms with Gasteiger partial charge in [0.25, 0.3) is 5.91 Å². The van der Waals surface area contributed by atoms with Gasteiger partial charge in [0.05, 0.1) is 12.0 Å². The van der Waals surface area contributed by atoms with Gasteiger partial charge in [0.2, 0.25) is 5.91 Å². The molecule has 0 spiro atoms. The molecule has 0 unspecified atom stereocenters. The van der Waals surface area contributed by atoms with Gasteiger partial charge in [-0.3, -0.25) is 14.5 Å².